The Morgan fingerprint density at radius 3 is 2.38 bits per heavy atom. The Kier molecular flexibility index (Phi) is 8.03. The highest BCUT2D eigenvalue weighted by atomic mass is 127. The highest BCUT2D eigenvalue weighted by Crippen LogP contribution is 2.24. The first kappa shape index (κ1) is 18.2. The van der Waals surface area contributed by atoms with Crippen LogP contribution in [0.2, 0.25) is 0 Å². The lowest BCUT2D eigenvalue weighted by Gasteiger charge is -2.28. The largest absolute Gasteiger partial charge is 0.359 e. The van der Waals surface area contributed by atoms with E-state index in [1.165, 1.54) is 37.1 Å². The molecule has 1 atom stereocenters. The van der Waals surface area contributed by atoms with Gasteiger partial charge in [0.05, 0.1) is 6.04 Å². The third-order valence-corrected chi connectivity index (χ3v) is 3.97. The molecule has 4 nitrogen and oxygen atoms in total. The lowest BCUT2D eigenvalue weighted by molar-refractivity contribution is 0.245. The molecule has 1 fully saturated rings. The van der Waals surface area contributed by atoms with E-state index in [2.05, 4.69) is 51.7 Å². The van der Waals surface area contributed by atoms with Crippen LogP contribution < -0.4 is 10.6 Å². The number of hydrogen-bond acceptors (Lipinski definition) is 2. The number of nitrogens with one attached hydrogen (secondary N) is 2. The van der Waals surface area contributed by atoms with Crippen molar-refractivity contribution in [2.75, 3.05) is 33.7 Å². The molecule has 1 aromatic rings. The SMILES string of the molecule is CN=C(NC)NCC(c1ccc(C)cc1)N1CCCC1.I. The van der Waals surface area contributed by atoms with Gasteiger partial charge >= 0.3 is 0 Å². The molecule has 1 heterocycles. The lowest BCUT2D eigenvalue weighted by Crippen LogP contribution is -2.41. The van der Waals surface area contributed by atoms with Gasteiger partial charge in [0.15, 0.2) is 5.96 Å². The molecular weight excluding hydrogens is 375 g/mol. The summed E-state index contributed by atoms with van der Waals surface area (Å²) in [5.74, 6) is 0.848. The summed E-state index contributed by atoms with van der Waals surface area (Å²) in [4.78, 5) is 6.76. The van der Waals surface area contributed by atoms with E-state index in [1.54, 1.807) is 7.05 Å². The standard InChI is InChI=1S/C16H26N4.HI/c1-13-6-8-14(9-7-13)15(20-10-4-5-11-20)12-19-16(17-2)18-3;/h6-9,15H,4-5,10-12H2,1-3H3,(H2,17,18,19);1H. The minimum absolute atomic E-state index is 0. The van der Waals surface area contributed by atoms with E-state index >= 15 is 0 Å². The Morgan fingerprint density at radius 2 is 1.86 bits per heavy atom. The minimum atomic E-state index is 0. The van der Waals surface area contributed by atoms with Crippen molar-refractivity contribution in [3.63, 3.8) is 0 Å². The predicted octanol–water partition coefficient (Wildman–Crippen LogP) is 2.54. The monoisotopic (exact) mass is 402 g/mol. The van der Waals surface area contributed by atoms with Crippen LogP contribution in [-0.2, 0) is 0 Å². The first-order chi connectivity index (χ1) is 9.74. The Hall–Kier alpha value is -0.820. The normalized spacial score (nSPS) is 17.2. The van der Waals surface area contributed by atoms with Gasteiger partial charge in [-0.15, -0.1) is 24.0 Å². The minimum Gasteiger partial charge on any atom is -0.359 e. The second-order valence-electron chi connectivity index (χ2n) is 5.37. The van der Waals surface area contributed by atoms with Crippen molar-refractivity contribution in [2.45, 2.75) is 25.8 Å². The van der Waals surface area contributed by atoms with Crippen LogP contribution in [0.1, 0.15) is 30.0 Å². The summed E-state index contributed by atoms with van der Waals surface area (Å²) >= 11 is 0. The zero-order valence-corrected chi connectivity index (χ0v) is 15.6. The van der Waals surface area contributed by atoms with Gasteiger partial charge in [-0.3, -0.25) is 9.89 Å². The number of guanidine groups is 1. The summed E-state index contributed by atoms with van der Waals surface area (Å²) < 4.78 is 0. The fourth-order valence-electron chi connectivity index (χ4n) is 2.77. The molecule has 118 valence electrons. The zero-order valence-electron chi connectivity index (χ0n) is 13.2. The molecule has 1 saturated heterocycles. The second-order valence-corrected chi connectivity index (χ2v) is 5.37. The number of aliphatic imine (C=N–C) groups is 1. The van der Waals surface area contributed by atoms with Crippen molar-refractivity contribution >= 4 is 29.9 Å². The zero-order chi connectivity index (χ0) is 14.4. The van der Waals surface area contributed by atoms with Gasteiger partial charge in [0.1, 0.15) is 0 Å². The average molecular weight is 402 g/mol. The molecule has 21 heavy (non-hydrogen) atoms. The van der Waals surface area contributed by atoms with Crippen molar-refractivity contribution in [1.29, 1.82) is 0 Å². The Morgan fingerprint density at radius 1 is 1.24 bits per heavy atom. The second kappa shape index (κ2) is 9.25. The van der Waals surface area contributed by atoms with E-state index in [9.17, 15) is 0 Å². The molecule has 5 heteroatoms. The fraction of sp³-hybridized carbons (Fsp3) is 0.562. The number of benzene rings is 1. The van der Waals surface area contributed by atoms with Crippen LogP contribution >= 0.6 is 24.0 Å². The molecule has 0 aromatic heterocycles. The molecule has 0 spiro atoms. The van der Waals surface area contributed by atoms with Crippen LogP contribution in [0.4, 0.5) is 0 Å². The van der Waals surface area contributed by atoms with Crippen molar-refractivity contribution in [1.82, 2.24) is 15.5 Å². The number of halogens is 1. The first-order valence-electron chi connectivity index (χ1n) is 7.43. The van der Waals surface area contributed by atoms with E-state index in [-0.39, 0.29) is 24.0 Å². The first-order valence-corrected chi connectivity index (χ1v) is 7.43. The highest BCUT2D eigenvalue weighted by Gasteiger charge is 2.23. The highest BCUT2D eigenvalue weighted by molar-refractivity contribution is 14.0. The molecule has 0 amide bonds. The third kappa shape index (κ3) is 5.14. The summed E-state index contributed by atoms with van der Waals surface area (Å²) in [6.07, 6.45) is 2.62. The molecule has 2 rings (SSSR count). The molecular formula is C16H27IN4. The Bertz CT molecular complexity index is 438. The quantitative estimate of drug-likeness (QED) is 0.462. The van der Waals surface area contributed by atoms with Gasteiger partial charge in [0.25, 0.3) is 0 Å². The van der Waals surface area contributed by atoms with Crippen LogP contribution in [0.25, 0.3) is 0 Å². The van der Waals surface area contributed by atoms with Crippen molar-refractivity contribution < 1.29 is 0 Å². The number of nitrogens with zero attached hydrogens (tertiary/aromatic N) is 2. The van der Waals surface area contributed by atoms with E-state index in [0.29, 0.717) is 6.04 Å². The molecule has 1 aromatic carbocycles. The van der Waals surface area contributed by atoms with Gasteiger partial charge in [0.2, 0.25) is 0 Å². The Balaban J connectivity index is 0.00000220. The molecule has 0 bridgehead atoms. The van der Waals surface area contributed by atoms with E-state index < -0.39 is 0 Å². The van der Waals surface area contributed by atoms with Gasteiger partial charge in [-0.05, 0) is 38.4 Å². The predicted molar refractivity (Wildman–Crippen MR) is 101 cm³/mol. The van der Waals surface area contributed by atoms with Crippen molar-refractivity contribution in [2.24, 2.45) is 4.99 Å². The van der Waals surface area contributed by atoms with Crippen LogP contribution in [0.15, 0.2) is 29.3 Å². The van der Waals surface area contributed by atoms with Crippen LogP contribution in [0.3, 0.4) is 0 Å². The molecule has 0 saturated carbocycles. The van der Waals surface area contributed by atoms with Crippen LogP contribution in [0.5, 0.6) is 0 Å². The maximum Gasteiger partial charge on any atom is 0.190 e. The topological polar surface area (TPSA) is 39.7 Å². The Labute approximate surface area is 145 Å². The number of rotatable bonds is 4. The van der Waals surface area contributed by atoms with E-state index in [4.69, 9.17) is 0 Å². The summed E-state index contributed by atoms with van der Waals surface area (Å²) in [6.45, 7) is 5.41. The van der Waals surface area contributed by atoms with Gasteiger partial charge in [-0.2, -0.15) is 0 Å². The average Bonchev–Trinajstić information content (AvgIpc) is 2.99. The molecule has 1 unspecified atom stereocenters. The van der Waals surface area contributed by atoms with Gasteiger partial charge in [-0.25, -0.2) is 0 Å². The number of hydrogen-bond donors (Lipinski definition) is 2. The maximum absolute atomic E-state index is 4.19. The smallest absolute Gasteiger partial charge is 0.190 e. The molecule has 1 aliphatic rings. The van der Waals surface area contributed by atoms with Crippen molar-refractivity contribution in [3.05, 3.63) is 35.4 Å². The van der Waals surface area contributed by atoms with Gasteiger partial charge < -0.3 is 10.6 Å². The summed E-state index contributed by atoms with van der Waals surface area (Å²) in [7, 11) is 3.70. The summed E-state index contributed by atoms with van der Waals surface area (Å²) in [5.41, 5.74) is 2.70. The molecule has 0 radical (unpaired) electrons. The van der Waals surface area contributed by atoms with E-state index in [0.717, 1.165) is 12.5 Å². The van der Waals surface area contributed by atoms with Crippen LogP contribution in [-0.4, -0.2) is 44.6 Å². The maximum atomic E-state index is 4.19. The number of likely N-dealkylation sites (tertiary alicyclic amines) is 1. The fourth-order valence-corrected chi connectivity index (χ4v) is 2.77. The van der Waals surface area contributed by atoms with Crippen molar-refractivity contribution in [3.8, 4) is 0 Å². The summed E-state index contributed by atoms with van der Waals surface area (Å²) in [5, 5.41) is 6.49. The third-order valence-electron chi connectivity index (χ3n) is 3.97. The van der Waals surface area contributed by atoms with Gasteiger partial charge in [0, 0.05) is 20.6 Å². The number of aryl methyl sites for hydroxylation is 1. The lowest BCUT2D eigenvalue weighted by atomic mass is 10.0. The van der Waals surface area contributed by atoms with Gasteiger partial charge in [-0.1, -0.05) is 29.8 Å². The molecule has 2 N–H and O–H groups in total. The summed E-state index contributed by atoms with van der Waals surface area (Å²) in [6, 6.07) is 9.32. The molecule has 0 aliphatic carbocycles. The molecule has 1 aliphatic heterocycles. The van der Waals surface area contributed by atoms with Crippen LogP contribution in [0, 0.1) is 6.92 Å². The van der Waals surface area contributed by atoms with E-state index in [1.807, 2.05) is 7.05 Å².